The minimum Gasteiger partial charge on any atom is -0.497 e. The van der Waals surface area contributed by atoms with Gasteiger partial charge in [-0.25, -0.2) is 0 Å². The fourth-order valence-corrected chi connectivity index (χ4v) is 10.8. The molecule has 0 saturated carbocycles. The molecule has 6 aromatic rings. The molecule has 0 bridgehead atoms. The van der Waals surface area contributed by atoms with Gasteiger partial charge in [-0.1, -0.05) is 65.8 Å². The maximum absolute atomic E-state index is 7.19. The molecule has 0 radical (unpaired) electrons. The summed E-state index contributed by atoms with van der Waals surface area (Å²) >= 11 is 0. The number of hydrogen-bond donors (Lipinski definition) is 0. The zero-order chi connectivity index (χ0) is 48.4. The number of allylic oxidation sites excluding steroid dienone is 2. The number of aryl methyl sites for hydroxylation is 8. The molecule has 0 spiro atoms. The SMILES string of the molecule is C#C.COC1=C/Cc2cc(OC)cc(C(C)(C)C)c2OP(Oc2c(C)cc(C)cc2-c2cc(C)cc(C)c2Op2oc3c(C)cc(C)cc3c3cc(C)cc(C)c3o2)OC/C(C(C)(C)C)=C\1. The van der Waals surface area contributed by atoms with Gasteiger partial charge in [-0.15, -0.1) is 12.8 Å². The largest absolute Gasteiger partial charge is 0.497 e. The molecule has 1 atom stereocenters. The first-order valence-corrected chi connectivity index (χ1v) is 24.4. The summed E-state index contributed by atoms with van der Waals surface area (Å²) < 4.78 is 53.6. The molecule has 0 N–H and O–H groups in total. The molecule has 1 aromatic heterocycles. The molecule has 10 heteroatoms. The molecular weight excluding hydrogens is 863 g/mol. The summed E-state index contributed by atoms with van der Waals surface area (Å²) in [5.74, 6) is 3.48. The van der Waals surface area contributed by atoms with Gasteiger partial charge in [0.1, 0.15) is 39.9 Å². The third-order valence-corrected chi connectivity index (χ3v) is 13.6. The number of methoxy groups -OCH3 is 2. The molecular formula is C56H66O8P2. The summed E-state index contributed by atoms with van der Waals surface area (Å²) in [6, 6.07) is 21.2. The second-order valence-electron chi connectivity index (χ2n) is 19.4. The van der Waals surface area contributed by atoms with Crippen molar-refractivity contribution in [2.45, 2.75) is 109 Å². The molecule has 5 aromatic carbocycles. The lowest BCUT2D eigenvalue weighted by Crippen LogP contribution is -2.17. The van der Waals surface area contributed by atoms with Gasteiger partial charge in [0.2, 0.25) is 0 Å². The van der Waals surface area contributed by atoms with Crippen molar-refractivity contribution in [2.75, 3.05) is 20.8 Å². The van der Waals surface area contributed by atoms with Crippen LogP contribution in [0.4, 0.5) is 0 Å². The molecule has 66 heavy (non-hydrogen) atoms. The van der Waals surface area contributed by atoms with E-state index < -0.39 is 16.8 Å². The predicted molar refractivity (Wildman–Crippen MR) is 274 cm³/mol. The Kier molecular flexibility index (Phi) is 15.2. The number of terminal acetylenes is 1. The van der Waals surface area contributed by atoms with Gasteiger partial charge < -0.3 is 31.4 Å². The Morgan fingerprint density at radius 3 is 1.56 bits per heavy atom. The second kappa shape index (κ2) is 20.1. The van der Waals surface area contributed by atoms with Gasteiger partial charge in [-0.2, -0.15) is 0 Å². The molecule has 0 saturated heterocycles. The molecule has 0 aliphatic carbocycles. The highest BCUT2D eigenvalue weighted by Gasteiger charge is 2.32. The lowest BCUT2D eigenvalue weighted by molar-refractivity contribution is 0.263. The molecule has 7 rings (SSSR count). The average Bonchev–Trinajstić information content (AvgIpc) is 3.40. The summed E-state index contributed by atoms with van der Waals surface area (Å²) in [7, 11) is -0.651. The molecule has 1 aliphatic heterocycles. The normalized spacial score (nSPS) is 16.0. The Morgan fingerprint density at radius 1 is 0.576 bits per heavy atom. The standard InChI is InChI=1S/C54H64O8P2.C2H2/c1-31-19-35(5)48(58-63-57-30-40(53(9,10)11)28-41(55-15)18-17-39-27-42(56-16)29-47(52(39)62-63)54(12,13)14)43(23-31)44-24-32(2)20-36(6)49(44)59-64-60-50-37(7)21-33(3)25-45(50)46-26-34(4)22-38(8)51(46)61-64;1-2/h18-29H,17,30H2,1-16H3;1-2H/b40-28+,41-18+;. The van der Waals surface area contributed by atoms with Gasteiger partial charge in [-0.05, 0) is 171 Å². The first-order chi connectivity index (χ1) is 31.1. The number of benzene rings is 5. The average molecular weight is 929 g/mol. The van der Waals surface area contributed by atoms with E-state index in [-0.39, 0.29) is 17.4 Å². The third-order valence-electron chi connectivity index (χ3n) is 11.6. The van der Waals surface area contributed by atoms with Gasteiger partial charge >= 0.3 is 16.8 Å². The fourth-order valence-electron chi connectivity index (χ4n) is 8.38. The zero-order valence-corrected chi connectivity index (χ0v) is 43.4. The van der Waals surface area contributed by atoms with E-state index in [0.29, 0.717) is 23.7 Å². The Balaban J connectivity index is 0.00000355. The molecule has 1 unspecified atom stereocenters. The minimum atomic E-state index is -2.07. The van der Waals surface area contributed by atoms with E-state index in [1.807, 2.05) is 6.07 Å². The molecule has 0 fully saturated rings. The number of ether oxygens (including phenoxy) is 2. The number of fused-ring (bicyclic) bond motifs is 4. The van der Waals surface area contributed by atoms with Crippen molar-refractivity contribution in [1.82, 2.24) is 0 Å². The Bertz CT molecular complexity index is 2850. The second-order valence-corrected chi connectivity index (χ2v) is 21.4. The molecule has 8 nitrogen and oxygen atoms in total. The summed E-state index contributed by atoms with van der Waals surface area (Å²) in [5, 5.41) is 1.99. The quantitative estimate of drug-likeness (QED) is 0.116. The highest BCUT2D eigenvalue weighted by Crippen LogP contribution is 2.53. The van der Waals surface area contributed by atoms with E-state index in [0.717, 1.165) is 106 Å². The van der Waals surface area contributed by atoms with Crippen molar-refractivity contribution in [3.8, 4) is 47.0 Å². The van der Waals surface area contributed by atoms with Gasteiger partial charge in [0.15, 0.2) is 0 Å². The van der Waals surface area contributed by atoms with E-state index in [2.05, 4.69) is 177 Å². The molecule has 0 amide bonds. The van der Waals surface area contributed by atoms with E-state index in [9.17, 15) is 0 Å². The van der Waals surface area contributed by atoms with Crippen LogP contribution in [0, 0.1) is 73.7 Å². The lowest BCUT2D eigenvalue weighted by atomic mass is 9.84. The van der Waals surface area contributed by atoms with Crippen LogP contribution in [0.25, 0.3) is 33.1 Å². The van der Waals surface area contributed by atoms with Gasteiger partial charge in [-0.3, -0.25) is 4.52 Å². The number of rotatable bonds is 7. The van der Waals surface area contributed by atoms with Crippen LogP contribution in [0.5, 0.6) is 23.0 Å². The topological polar surface area (TPSA) is 81.7 Å². The fraction of sp³-hybridized carbons (Fsp3) is 0.357. The van der Waals surface area contributed by atoms with Crippen LogP contribution < -0.4 is 18.3 Å². The molecule has 2 heterocycles. The van der Waals surface area contributed by atoms with Gasteiger partial charge in [0.05, 0.1) is 20.8 Å². The van der Waals surface area contributed by atoms with Crippen molar-refractivity contribution in [3.05, 3.63) is 140 Å². The highest BCUT2D eigenvalue weighted by molar-refractivity contribution is 7.42. The van der Waals surface area contributed by atoms with E-state index in [1.165, 1.54) is 0 Å². The monoisotopic (exact) mass is 928 g/mol. The van der Waals surface area contributed by atoms with Crippen LogP contribution in [-0.2, 0) is 21.1 Å². The molecule has 348 valence electrons. The van der Waals surface area contributed by atoms with Crippen molar-refractivity contribution < 1.29 is 36.0 Å². The Hall–Kier alpha value is -5.57. The first kappa shape index (κ1) is 49.9. The maximum Gasteiger partial charge on any atom is 0.463 e. The van der Waals surface area contributed by atoms with Crippen LogP contribution in [0.15, 0.2) is 92.5 Å². The first-order valence-electron chi connectivity index (χ1n) is 22.2. The summed E-state index contributed by atoms with van der Waals surface area (Å²) in [6.45, 7) is 30.0. The smallest absolute Gasteiger partial charge is 0.463 e. The molecule has 1 aliphatic rings. The summed E-state index contributed by atoms with van der Waals surface area (Å²) in [5.41, 5.74) is 13.9. The summed E-state index contributed by atoms with van der Waals surface area (Å²) in [4.78, 5) is 0. The third kappa shape index (κ3) is 11.0. The zero-order valence-electron chi connectivity index (χ0n) is 41.7. The maximum atomic E-state index is 7.19. The van der Waals surface area contributed by atoms with E-state index in [4.69, 9.17) is 36.0 Å². The van der Waals surface area contributed by atoms with Crippen LogP contribution in [-0.4, -0.2) is 20.8 Å². The number of hydrogen-bond acceptors (Lipinski definition) is 8. The van der Waals surface area contributed by atoms with Crippen LogP contribution in [0.3, 0.4) is 0 Å². The Morgan fingerprint density at radius 2 is 1.08 bits per heavy atom. The van der Waals surface area contributed by atoms with Crippen molar-refractivity contribution in [3.63, 3.8) is 0 Å². The Labute approximate surface area is 394 Å². The van der Waals surface area contributed by atoms with Crippen LogP contribution in [0.1, 0.15) is 97.2 Å². The highest BCUT2D eigenvalue weighted by atomic mass is 31.2. The lowest BCUT2D eigenvalue weighted by Gasteiger charge is -2.29. The summed E-state index contributed by atoms with van der Waals surface area (Å²) in [6.07, 6.45) is 12.7. The van der Waals surface area contributed by atoms with Crippen molar-refractivity contribution in [2.24, 2.45) is 5.41 Å². The van der Waals surface area contributed by atoms with E-state index in [1.54, 1.807) is 14.2 Å². The van der Waals surface area contributed by atoms with Gasteiger partial charge in [0, 0.05) is 33.0 Å². The van der Waals surface area contributed by atoms with Gasteiger partial charge in [0.25, 0.3) is 0 Å². The van der Waals surface area contributed by atoms with Crippen LogP contribution >= 0.6 is 16.8 Å². The van der Waals surface area contributed by atoms with E-state index >= 15 is 0 Å². The minimum absolute atomic E-state index is 0.241. The van der Waals surface area contributed by atoms with Crippen molar-refractivity contribution in [1.29, 1.82) is 0 Å². The predicted octanol–water partition coefficient (Wildman–Crippen LogP) is 16.6. The van der Waals surface area contributed by atoms with Crippen LogP contribution in [0.2, 0.25) is 0 Å². The van der Waals surface area contributed by atoms with Crippen molar-refractivity contribution >= 4 is 38.8 Å².